The smallest absolute Gasteiger partial charge is 0.288 e. The minimum Gasteiger partial charge on any atom is -0.444 e. The highest BCUT2D eigenvalue weighted by molar-refractivity contribution is 9.10. The van der Waals surface area contributed by atoms with Crippen LogP contribution in [-0.2, 0) is 0 Å². The number of carbonyl (C=O) groups is 1. The van der Waals surface area contributed by atoms with E-state index in [1.165, 1.54) is 0 Å². The van der Waals surface area contributed by atoms with Crippen LogP contribution in [0.3, 0.4) is 0 Å². The Morgan fingerprint density at radius 1 is 1.67 bits per heavy atom. The molecule has 0 aliphatic heterocycles. The van der Waals surface area contributed by atoms with E-state index in [-0.39, 0.29) is 30.7 Å². The van der Waals surface area contributed by atoms with Crippen molar-refractivity contribution in [2.75, 3.05) is 6.67 Å². The summed E-state index contributed by atoms with van der Waals surface area (Å²) in [5, 5.41) is 2.40. The fourth-order valence-electron chi connectivity index (χ4n) is 0.616. The Bertz CT molecular complexity index is 264. The van der Waals surface area contributed by atoms with E-state index in [9.17, 15) is 4.79 Å². The summed E-state index contributed by atoms with van der Waals surface area (Å²) in [6.07, 6.45) is 0. The summed E-state index contributed by atoms with van der Waals surface area (Å²) in [5.74, 6) is -0.0551. The molecule has 0 aromatic carbocycles. The molecule has 1 heterocycles. The van der Waals surface area contributed by atoms with Crippen molar-refractivity contribution in [3.05, 3.63) is 22.6 Å². The minimum absolute atomic E-state index is 0. The number of hydrogen-bond acceptors (Lipinski definition) is 3. The zero-order chi connectivity index (χ0) is 8.27. The Labute approximate surface area is 84.0 Å². The first-order valence-electron chi connectivity index (χ1n) is 2.97. The topological polar surface area (TPSA) is 68.3 Å². The summed E-state index contributed by atoms with van der Waals surface area (Å²) in [7, 11) is 0. The highest BCUT2D eigenvalue weighted by Gasteiger charge is 2.07. The molecule has 0 atom stereocenters. The number of nitrogens with two attached hydrogens (primary N) is 1. The molecular weight excluding hydrogens is 247 g/mol. The van der Waals surface area contributed by atoms with Gasteiger partial charge < -0.3 is 15.5 Å². The molecule has 0 saturated carbocycles. The van der Waals surface area contributed by atoms with Crippen molar-refractivity contribution in [2.24, 2.45) is 5.73 Å². The van der Waals surface area contributed by atoms with E-state index in [0.29, 0.717) is 4.67 Å². The van der Waals surface area contributed by atoms with Gasteiger partial charge in [-0.05, 0) is 28.1 Å². The van der Waals surface area contributed by atoms with Crippen LogP contribution in [0.25, 0.3) is 0 Å². The second-order valence-corrected chi connectivity index (χ2v) is 2.60. The van der Waals surface area contributed by atoms with Gasteiger partial charge in [0.2, 0.25) is 0 Å². The second kappa shape index (κ2) is 5.18. The molecule has 1 aromatic rings. The van der Waals surface area contributed by atoms with Gasteiger partial charge in [-0.1, -0.05) is 0 Å². The molecule has 6 heteroatoms. The second-order valence-electron chi connectivity index (χ2n) is 1.81. The zero-order valence-corrected chi connectivity index (χ0v) is 8.44. The molecule has 0 aliphatic rings. The Morgan fingerprint density at radius 2 is 2.33 bits per heavy atom. The fraction of sp³-hybridized carbons (Fsp3) is 0.167. The molecule has 1 rings (SSSR count). The molecule has 1 amide bonds. The molecule has 0 radical (unpaired) electrons. The van der Waals surface area contributed by atoms with Crippen LogP contribution in [0.4, 0.5) is 0 Å². The Morgan fingerprint density at radius 3 is 2.75 bits per heavy atom. The van der Waals surface area contributed by atoms with E-state index in [0.717, 1.165) is 0 Å². The van der Waals surface area contributed by atoms with Crippen LogP contribution in [0.15, 0.2) is 21.2 Å². The summed E-state index contributed by atoms with van der Waals surface area (Å²) >= 11 is 3.07. The summed E-state index contributed by atoms with van der Waals surface area (Å²) in [4.78, 5) is 11.0. The number of nitrogens with one attached hydrogen (secondary N) is 1. The first-order valence-corrected chi connectivity index (χ1v) is 3.77. The molecule has 0 fully saturated rings. The molecule has 12 heavy (non-hydrogen) atoms. The summed E-state index contributed by atoms with van der Waals surface area (Å²) < 4.78 is 5.47. The van der Waals surface area contributed by atoms with E-state index >= 15 is 0 Å². The van der Waals surface area contributed by atoms with Crippen LogP contribution in [0.2, 0.25) is 0 Å². The van der Waals surface area contributed by atoms with Gasteiger partial charge in [0.05, 0.1) is 6.67 Å². The average molecular weight is 255 g/mol. The van der Waals surface area contributed by atoms with Gasteiger partial charge in [-0.15, -0.1) is 12.4 Å². The van der Waals surface area contributed by atoms with Crippen molar-refractivity contribution < 1.29 is 9.21 Å². The minimum atomic E-state index is -0.307. The third-order valence-electron chi connectivity index (χ3n) is 1.06. The SMILES string of the molecule is Cl.NCNC(=O)c1ccc(Br)o1. The largest absolute Gasteiger partial charge is 0.444 e. The quantitative estimate of drug-likeness (QED) is 0.778. The molecule has 4 nitrogen and oxygen atoms in total. The van der Waals surface area contributed by atoms with E-state index < -0.39 is 0 Å². The summed E-state index contributed by atoms with van der Waals surface area (Å²) in [6.45, 7) is 0.108. The third kappa shape index (κ3) is 2.84. The summed E-state index contributed by atoms with van der Waals surface area (Å²) in [6, 6.07) is 3.21. The predicted octanol–water partition coefficient (Wildman–Crippen LogP) is 1.11. The van der Waals surface area contributed by atoms with Crippen molar-refractivity contribution in [1.29, 1.82) is 0 Å². The monoisotopic (exact) mass is 254 g/mol. The maximum Gasteiger partial charge on any atom is 0.288 e. The zero-order valence-electron chi connectivity index (χ0n) is 6.04. The predicted molar refractivity (Wildman–Crippen MR) is 50.2 cm³/mol. The normalized spacial score (nSPS) is 8.83. The average Bonchev–Trinajstić information content (AvgIpc) is 2.36. The maximum absolute atomic E-state index is 11.0. The number of carbonyl (C=O) groups excluding carboxylic acids is 1. The van der Waals surface area contributed by atoms with Crippen LogP contribution >= 0.6 is 28.3 Å². The van der Waals surface area contributed by atoms with Crippen LogP contribution in [0.1, 0.15) is 10.6 Å². The molecule has 0 bridgehead atoms. The third-order valence-corrected chi connectivity index (χ3v) is 1.49. The fourth-order valence-corrected chi connectivity index (χ4v) is 0.923. The van der Waals surface area contributed by atoms with E-state index in [4.69, 9.17) is 10.2 Å². The van der Waals surface area contributed by atoms with Gasteiger partial charge in [-0.3, -0.25) is 4.79 Å². The van der Waals surface area contributed by atoms with Gasteiger partial charge in [0, 0.05) is 0 Å². The Hall–Kier alpha value is -0.520. The van der Waals surface area contributed by atoms with Crippen molar-refractivity contribution in [2.45, 2.75) is 0 Å². The van der Waals surface area contributed by atoms with Gasteiger partial charge in [-0.25, -0.2) is 0 Å². The number of furan rings is 1. The molecule has 68 valence electrons. The van der Waals surface area contributed by atoms with Crippen molar-refractivity contribution >= 4 is 34.2 Å². The molecule has 3 N–H and O–H groups in total. The van der Waals surface area contributed by atoms with Crippen LogP contribution in [0.5, 0.6) is 0 Å². The molecule has 0 spiro atoms. The van der Waals surface area contributed by atoms with Crippen molar-refractivity contribution in [1.82, 2.24) is 5.32 Å². The first-order chi connectivity index (χ1) is 5.24. The Kier molecular flexibility index (Phi) is 4.96. The highest BCUT2D eigenvalue weighted by Crippen LogP contribution is 2.13. The summed E-state index contributed by atoms with van der Waals surface area (Å²) in [5.41, 5.74) is 5.09. The number of rotatable bonds is 2. The highest BCUT2D eigenvalue weighted by atomic mass is 79.9. The number of hydrogen-bond donors (Lipinski definition) is 2. The lowest BCUT2D eigenvalue weighted by molar-refractivity contribution is 0.0926. The standard InChI is InChI=1S/C6H7BrN2O2.ClH/c7-5-2-1-4(11-5)6(10)9-3-8;/h1-2H,3,8H2,(H,9,10);1H. The molecular formula is C6H8BrClN2O2. The molecule has 1 aromatic heterocycles. The van der Waals surface area contributed by atoms with Gasteiger partial charge in [-0.2, -0.15) is 0 Å². The van der Waals surface area contributed by atoms with Gasteiger partial charge >= 0.3 is 0 Å². The maximum atomic E-state index is 11.0. The molecule has 0 saturated heterocycles. The number of halogens is 2. The van der Waals surface area contributed by atoms with E-state index in [1.807, 2.05) is 0 Å². The Balaban J connectivity index is 0.00000121. The van der Waals surface area contributed by atoms with Crippen molar-refractivity contribution in [3.63, 3.8) is 0 Å². The van der Waals surface area contributed by atoms with Gasteiger partial charge in [0.25, 0.3) is 5.91 Å². The van der Waals surface area contributed by atoms with E-state index in [1.54, 1.807) is 12.1 Å². The first kappa shape index (κ1) is 11.5. The lowest BCUT2D eigenvalue weighted by Gasteiger charge is -1.95. The van der Waals surface area contributed by atoms with Crippen molar-refractivity contribution in [3.8, 4) is 0 Å². The lowest BCUT2D eigenvalue weighted by Crippen LogP contribution is -2.28. The van der Waals surface area contributed by atoms with Crippen LogP contribution in [-0.4, -0.2) is 12.6 Å². The van der Waals surface area contributed by atoms with E-state index in [2.05, 4.69) is 21.2 Å². The van der Waals surface area contributed by atoms with Crippen LogP contribution < -0.4 is 11.1 Å². The van der Waals surface area contributed by atoms with Gasteiger partial charge in [0.15, 0.2) is 10.4 Å². The lowest BCUT2D eigenvalue weighted by atomic mass is 10.4. The molecule has 0 unspecified atom stereocenters. The molecule has 0 aliphatic carbocycles. The number of amides is 1. The van der Waals surface area contributed by atoms with Crippen LogP contribution in [0, 0.1) is 0 Å². The van der Waals surface area contributed by atoms with Gasteiger partial charge in [0.1, 0.15) is 0 Å².